The van der Waals surface area contributed by atoms with Crippen LogP contribution in [0.15, 0.2) is 17.4 Å². The summed E-state index contributed by atoms with van der Waals surface area (Å²) in [5.74, 6) is 1.68. The van der Waals surface area contributed by atoms with E-state index in [4.69, 9.17) is 0 Å². The molecule has 1 heterocycles. The van der Waals surface area contributed by atoms with Gasteiger partial charge in [0.15, 0.2) is 5.96 Å². The molecule has 0 amide bonds. The first kappa shape index (κ1) is 17.8. The van der Waals surface area contributed by atoms with Gasteiger partial charge in [-0.2, -0.15) is 5.10 Å². The van der Waals surface area contributed by atoms with Gasteiger partial charge in [-0.3, -0.25) is 9.67 Å². The van der Waals surface area contributed by atoms with Crippen LogP contribution in [-0.4, -0.2) is 35.9 Å². The minimum atomic E-state index is 0.467. The molecule has 2 rings (SSSR count). The van der Waals surface area contributed by atoms with Crippen molar-refractivity contribution in [3.8, 4) is 0 Å². The van der Waals surface area contributed by atoms with E-state index in [0.717, 1.165) is 31.4 Å². The van der Waals surface area contributed by atoms with Gasteiger partial charge in [0.05, 0.1) is 6.20 Å². The summed E-state index contributed by atoms with van der Waals surface area (Å²) in [6.45, 7) is 6.59. The molecule has 1 aromatic heterocycles. The van der Waals surface area contributed by atoms with E-state index >= 15 is 0 Å². The maximum absolute atomic E-state index is 4.37. The Kier molecular flexibility index (Phi) is 6.48. The van der Waals surface area contributed by atoms with E-state index in [2.05, 4.69) is 40.8 Å². The summed E-state index contributed by atoms with van der Waals surface area (Å²) < 4.78 is 1.85. The minimum absolute atomic E-state index is 0.467. The average molecular weight is 319 g/mol. The van der Waals surface area contributed by atoms with Crippen LogP contribution < -0.4 is 10.6 Å². The lowest BCUT2D eigenvalue weighted by Gasteiger charge is -2.31. The van der Waals surface area contributed by atoms with E-state index < -0.39 is 0 Å². The third kappa shape index (κ3) is 5.56. The first-order valence-electron chi connectivity index (χ1n) is 8.95. The van der Waals surface area contributed by atoms with Crippen molar-refractivity contribution in [3.05, 3.63) is 18.0 Å². The normalized spacial score (nSPS) is 17.7. The fourth-order valence-corrected chi connectivity index (χ4v) is 3.86. The average Bonchev–Trinajstić information content (AvgIpc) is 3.12. The molecule has 5 nitrogen and oxygen atoms in total. The van der Waals surface area contributed by atoms with Crippen LogP contribution >= 0.6 is 0 Å². The van der Waals surface area contributed by atoms with Gasteiger partial charge in [0.2, 0.25) is 0 Å². The number of guanidine groups is 1. The Morgan fingerprint density at radius 1 is 1.35 bits per heavy atom. The van der Waals surface area contributed by atoms with Crippen molar-refractivity contribution >= 4 is 5.96 Å². The number of nitrogens with zero attached hydrogens (tertiary/aromatic N) is 3. The molecule has 0 aromatic carbocycles. The standard InChI is InChI=1S/C18H33N5/c1-15(2)11-18(8-5-6-9-18)14-21-17(19-3)20-10-7-16-12-22-23(4)13-16/h12-13,15H,5-11,14H2,1-4H3,(H2,19,20,21). The van der Waals surface area contributed by atoms with Gasteiger partial charge < -0.3 is 10.6 Å². The van der Waals surface area contributed by atoms with E-state index in [9.17, 15) is 0 Å². The lowest BCUT2D eigenvalue weighted by atomic mass is 9.78. The summed E-state index contributed by atoms with van der Waals surface area (Å²) in [5.41, 5.74) is 1.72. The lowest BCUT2D eigenvalue weighted by molar-refractivity contribution is 0.235. The van der Waals surface area contributed by atoms with Crippen LogP contribution in [0.4, 0.5) is 0 Å². The summed E-state index contributed by atoms with van der Waals surface area (Å²) in [4.78, 5) is 4.37. The number of rotatable bonds is 7. The van der Waals surface area contributed by atoms with Crippen molar-refractivity contribution in [2.24, 2.45) is 23.4 Å². The minimum Gasteiger partial charge on any atom is -0.356 e. The van der Waals surface area contributed by atoms with E-state index in [1.807, 2.05) is 25.0 Å². The Hall–Kier alpha value is -1.52. The molecule has 1 fully saturated rings. The van der Waals surface area contributed by atoms with Crippen molar-refractivity contribution in [3.63, 3.8) is 0 Å². The predicted octanol–water partition coefficient (Wildman–Crippen LogP) is 2.73. The molecule has 1 aliphatic rings. The van der Waals surface area contributed by atoms with E-state index in [1.54, 1.807) is 0 Å². The number of aryl methyl sites for hydroxylation is 1. The van der Waals surface area contributed by atoms with Crippen LogP contribution in [0.2, 0.25) is 0 Å². The largest absolute Gasteiger partial charge is 0.356 e. The molecule has 0 spiro atoms. The molecule has 23 heavy (non-hydrogen) atoms. The Morgan fingerprint density at radius 3 is 2.65 bits per heavy atom. The van der Waals surface area contributed by atoms with E-state index in [0.29, 0.717) is 5.41 Å². The third-order valence-corrected chi connectivity index (χ3v) is 4.82. The highest BCUT2D eigenvalue weighted by molar-refractivity contribution is 5.79. The Balaban J connectivity index is 1.77. The van der Waals surface area contributed by atoms with Crippen LogP contribution in [-0.2, 0) is 13.5 Å². The number of nitrogens with one attached hydrogen (secondary N) is 2. The molecule has 0 saturated heterocycles. The number of hydrogen-bond donors (Lipinski definition) is 2. The highest BCUT2D eigenvalue weighted by Crippen LogP contribution is 2.42. The van der Waals surface area contributed by atoms with Crippen LogP contribution in [0, 0.1) is 11.3 Å². The molecular formula is C18H33N5. The van der Waals surface area contributed by atoms with Crippen molar-refractivity contribution in [2.75, 3.05) is 20.1 Å². The Labute approximate surface area is 141 Å². The fraction of sp³-hybridized carbons (Fsp3) is 0.778. The summed E-state index contributed by atoms with van der Waals surface area (Å²) in [7, 11) is 3.80. The van der Waals surface area contributed by atoms with Crippen molar-refractivity contribution < 1.29 is 0 Å². The van der Waals surface area contributed by atoms with Gasteiger partial charge in [-0.25, -0.2) is 0 Å². The Morgan fingerprint density at radius 2 is 2.09 bits per heavy atom. The predicted molar refractivity (Wildman–Crippen MR) is 96.6 cm³/mol. The van der Waals surface area contributed by atoms with E-state index in [1.165, 1.54) is 37.7 Å². The van der Waals surface area contributed by atoms with Crippen LogP contribution in [0.3, 0.4) is 0 Å². The van der Waals surface area contributed by atoms with Gasteiger partial charge in [0.1, 0.15) is 0 Å². The molecule has 5 heteroatoms. The first-order valence-corrected chi connectivity index (χ1v) is 8.95. The van der Waals surface area contributed by atoms with Crippen molar-refractivity contribution in [2.45, 2.75) is 52.4 Å². The topological polar surface area (TPSA) is 54.2 Å². The Bertz CT molecular complexity index is 497. The lowest BCUT2D eigenvalue weighted by Crippen LogP contribution is -2.44. The van der Waals surface area contributed by atoms with Crippen LogP contribution in [0.5, 0.6) is 0 Å². The summed E-state index contributed by atoms with van der Waals surface area (Å²) >= 11 is 0. The van der Waals surface area contributed by atoms with E-state index in [-0.39, 0.29) is 0 Å². The smallest absolute Gasteiger partial charge is 0.191 e. The van der Waals surface area contributed by atoms with Gasteiger partial charge in [0.25, 0.3) is 0 Å². The van der Waals surface area contributed by atoms with Crippen LogP contribution in [0.1, 0.15) is 51.5 Å². The third-order valence-electron chi connectivity index (χ3n) is 4.82. The van der Waals surface area contributed by atoms with Gasteiger partial charge in [-0.05, 0) is 42.6 Å². The van der Waals surface area contributed by atoms with Crippen molar-refractivity contribution in [1.82, 2.24) is 20.4 Å². The maximum atomic E-state index is 4.37. The molecule has 0 unspecified atom stereocenters. The quantitative estimate of drug-likeness (QED) is 0.600. The monoisotopic (exact) mass is 319 g/mol. The van der Waals surface area contributed by atoms with Gasteiger partial charge in [-0.15, -0.1) is 0 Å². The maximum Gasteiger partial charge on any atom is 0.191 e. The number of aliphatic imine (C=N–C) groups is 1. The second-order valence-corrected chi connectivity index (χ2v) is 7.43. The number of aromatic nitrogens is 2. The highest BCUT2D eigenvalue weighted by Gasteiger charge is 2.34. The molecular weight excluding hydrogens is 286 g/mol. The summed E-state index contributed by atoms with van der Waals surface area (Å²) in [6.07, 6.45) is 11.7. The summed E-state index contributed by atoms with van der Waals surface area (Å²) in [5, 5.41) is 11.2. The SMILES string of the molecule is CN=C(NCCc1cnn(C)c1)NCC1(CC(C)C)CCCC1. The fourth-order valence-electron chi connectivity index (χ4n) is 3.86. The molecule has 1 aromatic rings. The molecule has 0 radical (unpaired) electrons. The van der Waals surface area contributed by atoms with Gasteiger partial charge >= 0.3 is 0 Å². The zero-order valence-electron chi connectivity index (χ0n) is 15.2. The zero-order valence-corrected chi connectivity index (χ0v) is 15.2. The molecule has 2 N–H and O–H groups in total. The second kappa shape index (κ2) is 8.37. The number of hydrogen-bond acceptors (Lipinski definition) is 2. The summed E-state index contributed by atoms with van der Waals surface area (Å²) in [6, 6.07) is 0. The molecule has 0 bridgehead atoms. The molecule has 130 valence electrons. The highest BCUT2D eigenvalue weighted by atomic mass is 15.2. The van der Waals surface area contributed by atoms with Gasteiger partial charge in [0, 0.05) is 33.4 Å². The van der Waals surface area contributed by atoms with Gasteiger partial charge in [-0.1, -0.05) is 26.7 Å². The molecule has 0 atom stereocenters. The first-order chi connectivity index (χ1) is 11.0. The van der Waals surface area contributed by atoms with Crippen molar-refractivity contribution in [1.29, 1.82) is 0 Å². The second-order valence-electron chi connectivity index (χ2n) is 7.43. The zero-order chi connectivity index (χ0) is 16.7. The molecule has 1 aliphatic carbocycles. The van der Waals surface area contributed by atoms with Crippen LogP contribution in [0.25, 0.3) is 0 Å². The molecule has 0 aliphatic heterocycles. The molecule has 1 saturated carbocycles.